The Morgan fingerprint density at radius 2 is 1.70 bits per heavy atom. The molecule has 0 aromatic carbocycles. The zero-order chi connectivity index (χ0) is 23.3. The Hall–Kier alpha value is -1.04. The molecular weight excluding hydrogens is 417 g/mol. The standard InChI is InChI=1S/C10H22O.C8H14N3O7P/c1-7-9(3,4)11-10(5,6)8-2;9-5-1-10-3-11(5)8-7(13)6(12)4(18-8)2-17-19(14,15)16/h7-8H2,1-6H3;1,3-4,6-8,12-13H,2,9H2,(H2,14,15,16)/t;4-,6-,7-,8-/m.1/s1. The van der Waals surface area contributed by atoms with Gasteiger partial charge in [0.15, 0.2) is 6.23 Å². The van der Waals surface area contributed by atoms with Gasteiger partial charge in [-0.2, -0.15) is 0 Å². The largest absolute Gasteiger partial charge is 0.469 e. The van der Waals surface area contributed by atoms with Crippen molar-refractivity contribution in [2.24, 2.45) is 0 Å². The highest BCUT2D eigenvalue weighted by atomic mass is 31.2. The van der Waals surface area contributed by atoms with Gasteiger partial charge in [-0.25, -0.2) is 9.55 Å². The highest BCUT2D eigenvalue weighted by Crippen LogP contribution is 2.38. The molecule has 176 valence electrons. The van der Waals surface area contributed by atoms with E-state index in [2.05, 4.69) is 51.1 Å². The van der Waals surface area contributed by atoms with Gasteiger partial charge >= 0.3 is 7.82 Å². The Labute approximate surface area is 177 Å². The van der Waals surface area contributed by atoms with Crippen LogP contribution < -0.4 is 5.73 Å². The third-order valence-corrected chi connectivity index (χ3v) is 5.46. The molecule has 1 aromatic rings. The first-order valence-electron chi connectivity index (χ1n) is 9.81. The molecule has 2 rings (SSSR count). The van der Waals surface area contributed by atoms with Crippen molar-refractivity contribution >= 4 is 13.6 Å². The van der Waals surface area contributed by atoms with E-state index in [9.17, 15) is 14.8 Å². The van der Waals surface area contributed by atoms with E-state index < -0.39 is 39.0 Å². The molecule has 12 heteroatoms. The van der Waals surface area contributed by atoms with Crippen LogP contribution in [0.2, 0.25) is 0 Å². The second-order valence-corrected chi connectivity index (χ2v) is 9.63. The Bertz CT molecular complexity index is 691. The molecule has 0 spiro atoms. The number of nitrogen functional groups attached to an aromatic ring is 1. The normalized spacial score (nSPS) is 25.1. The van der Waals surface area contributed by atoms with Crippen LogP contribution in [0.15, 0.2) is 12.5 Å². The van der Waals surface area contributed by atoms with Crippen LogP contribution in [0.1, 0.15) is 60.6 Å². The molecule has 1 aliphatic rings. The number of hydrogen-bond acceptors (Lipinski definition) is 8. The fourth-order valence-corrected chi connectivity index (χ4v) is 3.03. The summed E-state index contributed by atoms with van der Waals surface area (Å²) in [6.07, 6.45) is 0.00856. The summed E-state index contributed by atoms with van der Waals surface area (Å²) in [4.78, 5) is 20.9. The maximum Gasteiger partial charge on any atom is 0.469 e. The number of nitrogens with two attached hydrogens (primary N) is 1. The van der Waals surface area contributed by atoms with Crippen molar-refractivity contribution in [2.75, 3.05) is 12.3 Å². The summed E-state index contributed by atoms with van der Waals surface area (Å²) in [5.74, 6) is 0.216. The number of ether oxygens (including phenoxy) is 2. The van der Waals surface area contributed by atoms with Gasteiger partial charge in [0, 0.05) is 0 Å². The maximum atomic E-state index is 10.6. The van der Waals surface area contributed by atoms with Gasteiger partial charge in [-0.3, -0.25) is 9.09 Å². The SMILES string of the molecule is CCC(C)(C)OC(C)(C)CC.Nc1cncn1[C@@H]1O[C@H](COP(=O)(O)O)[C@@H](O)[C@H]1O. The van der Waals surface area contributed by atoms with Crippen molar-refractivity contribution in [3.63, 3.8) is 0 Å². The van der Waals surface area contributed by atoms with Crippen LogP contribution in [0.5, 0.6) is 0 Å². The Morgan fingerprint density at radius 3 is 2.10 bits per heavy atom. The van der Waals surface area contributed by atoms with Gasteiger partial charge in [0.2, 0.25) is 0 Å². The Morgan fingerprint density at radius 1 is 1.17 bits per heavy atom. The zero-order valence-corrected chi connectivity index (χ0v) is 19.3. The summed E-state index contributed by atoms with van der Waals surface area (Å²) >= 11 is 0. The fourth-order valence-electron chi connectivity index (χ4n) is 2.69. The minimum absolute atomic E-state index is 0.0273. The van der Waals surface area contributed by atoms with Gasteiger partial charge in [0.1, 0.15) is 24.1 Å². The lowest BCUT2D eigenvalue weighted by Crippen LogP contribution is -2.35. The number of aromatic nitrogens is 2. The highest BCUT2D eigenvalue weighted by Gasteiger charge is 2.44. The molecule has 0 radical (unpaired) electrons. The van der Waals surface area contributed by atoms with Gasteiger partial charge in [0.25, 0.3) is 0 Å². The van der Waals surface area contributed by atoms with Crippen molar-refractivity contribution < 1.29 is 38.6 Å². The van der Waals surface area contributed by atoms with Crippen molar-refractivity contribution in [2.45, 2.75) is 90.1 Å². The smallest absolute Gasteiger partial charge is 0.387 e. The maximum absolute atomic E-state index is 10.6. The van der Waals surface area contributed by atoms with E-state index >= 15 is 0 Å². The van der Waals surface area contributed by atoms with E-state index in [4.69, 9.17) is 25.0 Å². The highest BCUT2D eigenvalue weighted by molar-refractivity contribution is 7.46. The van der Waals surface area contributed by atoms with Crippen molar-refractivity contribution in [1.29, 1.82) is 0 Å². The quantitative estimate of drug-likeness (QED) is 0.364. The lowest BCUT2D eigenvalue weighted by Gasteiger charge is -2.34. The molecule has 2 heterocycles. The first kappa shape index (κ1) is 27.0. The molecule has 0 aliphatic carbocycles. The van der Waals surface area contributed by atoms with Crippen LogP contribution >= 0.6 is 7.82 Å². The zero-order valence-electron chi connectivity index (χ0n) is 18.4. The van der Waals surface area contributed by atoms with Crippen molar-refractivity contribution in [3.8, 4) is 0 Å². The van der Waals surface area contributed by atoms with Crippen LogP contribution in [0, 0.1) is 0 Å². The second kappa shape index (κ2) is 10.5. The number of rotatable bonds is 8. The molecule has 6 N–H and O–H groups in total. The topological polar surface area (TPSA) is 170 Å². The minimum Gasteiger partial charge on any atom is -0.387 e. The summed E-state index contributed by atoms with van der Waals surface area (Å²) in [5, 5.41) is 19.6. The molecule has 30 heavy (non-hydrogen) atoms. The lowest BCUT2D eigenvalue weighted by atomic mass is 10.0. The number of hydrogen-bond donors (Lipinski definition) is 5. The number of anilines is 1. The van der Waals surface area contributed by atoms with Crippen LogP contribution in [0.4, 0.5) is 5.82 Å². The predicted octanol–water partition coefficient (Wildman–Crippen LogP) is 1.57. The van der Waals surface area contributed by atoms with Gasteiger partial charge in [-0.15, -0.1) is 0 Å². The van der Waals surface area contributed by atoms with E-state index in [1.54, 1.807) is 0 Å². The molecule has 0 bridgehead atoms. The molecule has 11 nitrogen and oxygen atoms in total. The number of nitrogens with zero attached hydrogens (tertiary/aromatic N) is 2. The second-order valence-electron chi connectivity index (χ2n) is 8.39. The van der Waals surface area contributed by atoms with Gasteiger partial charge < -0.3 is 35.2 Å². The molecular formula is C18H36N3O8P. The van der Waals surface area contributed by atoms with Gasteiger partial charge in [0.05, 0.1) is 30.3 Å². The number of aliphatic hydroxyl groups excluding tert-OH is 2. The lowest BCUT2D eigenvalue weighted by molar-refractivity contribution is -0.124. The van der Waals surface area contributed by atoms with Gasteiger partial charge in [-0.05, 0) is 40.5 Å². The van der Waals surface area contributed by atoms with Crippen LogP contribution in [0.25, 0.3) is 0 Å². The molecule has 4 atom stereocenters. The number of phosphoric acid groups is 1. The number of phosphoric ester groups is 1. The monoisotopic (exact) mass is 453 g/mol. The average molecular weight is 453 g/mol. The molecule has 1 fully saturated rings. The van der Waals surface area contributed by atoms with E-state index in [1.807, 2.05) is 0 Å². The van der Waals surface area contributed by atoms with E-state index in [1.165, 1.54) is 17.1 Å². The summed E-state index contributed by atoms with van der Waals surface area (Å²) in [6, 6.07) is 0. The third-order valence-electron chi connectivity index (χ3n) is 4.97. The average Bonchev–Trinajstić information content (AvgIpc) is 3.16. The summed E-state index contributed by atoms with van der Waals surface area (Å²) in [7, 11) is -4.67. The Kier molecular flexibility index (Phi) is 9.46. The van der Waals surface area contributed by atoms with Gasteiger partial charge in [-0.1, -0.05) is 13.8 Å². The van der Waals surface area contributed by atoms with Crippen LogP contribution in [0.3, 0.4) is 0 Å². The summed E-state index contributed by atoms with van der Waals surface area (Å²) in [6.45, 7) is 12.3. The van der Waals surface area contributed by atoms with Crippen LogP contribution in [-0.2, 0) is 18.6 Å². The molecule has 1 aromatic heterocycles. The summed E-state index contributed by atoms with van der Waals surface area (Å²) < 4.78 is 27.3. The Balaban J connectivity index is 0.000000352. The fraction of sp³-hybridized carbons (Fsp3) is 0.833. The first-order valence-corrected chi connectivity index (χ1v) is 11.3. The summed E-state index contributed by atoms with van der Waals surface area (Å²) in [5.41, 5.74) is 5.64. The van der Waals surface area contributed by atoms with Crippen LogP contribution in [-0.4, -0.2) is 65.7 Å². The molecule has 0 saturated carbocycles. The molecule has 1 aliphatic heterocycles. The molecule has 0 unspecified atom stereocenters. The third kappa shape index (κ3) is 8.24. The first-order chi connectivity index (χ1) is 13.6. The predicted molar refractivity (Wildman–Crippen MR) is 110 cm³/mol. The van der Waals surface area contributed by atoms with E-state index in [0.29, 0.717) is 0 Å². The minimum atomic E-state index is -4.67. The number of imidazole rings is 1. The van der Waals surface area contributed by atoms with E-state index in [0.717, 1.165) is 12.8 Å². The van der Waals surface area contributed by atoms with Crippen molar-refractivity contribution in [1.82, 2.24) is 9.55 Å². The van der Waals surface area contributed by atoms with Crippen molar-refractivity contribution in [3.05, 3.63) is 12.5 Å². The molecule has 1 saturated heterocycles. The molecule has 0 amide bonds. The number of aliphatic hydroxyl groups is 2. The van der Waals surface area contributed by atoms with E-state index in [-0.39, 0.29) is 17.0 Å².